The fraction of sp³-hybridized carbons (Fsp3) is 0.0909. The van der Waals surface area contributed by atoms with Gasteiger partial charge in [0.1, 0.15) is 5.75 Å². The number of aromatic hydroxyl groups is 1. The Balaban J connectivity index is 2.89. The van der Waals surface area contributed by atoms with Crippen LogP contribution in [0, 0.1) is 11.3 Å². The fourth-order valence-electron chi connectivity index (χ4n) is 1.06. The molecule has 76 valence electrons. The van der Waals surface area contributed by atoms with Crippen molar-refractivity contribution in [1.82, 2.24) is 0 Å². The van der Waals surface area contributed by atoms with Crippen molar-refractivity contribution in [3.05, 3.63) is 35.4 Å². The molecule has 0 radical (unpaired) electrons. The topological polar surface area (TPSA) is 87.1 Å². The van der Waals surface area contributed by atoms with E-state index in [-0.39, 0.29) is 12.2 Å². The summed E-state index contributed by atoms with van der Waals surface area (Å²) in [7, 11) is 0. The molecule has 0 spiro atoms. The minimum absolute atomic E-state index is 0.0646. The first-order valence-corrected chi connectivity index (χ1v) is 4.31. The molecule has 0 saturated carbocycles. The number of nitrogens with zero attached hydrogens (tertiary/aromatic N) is 1. The van der Waals surface area contributed by atoms with E-state index in [4.69, 9.17) is 11.0 Å². The number of carbonyl (C=O) groups excluding carboxylic acids is 1. The van der Waals surface area contributed by atoms with Crippen LogP contribution in [0.25, 0.3) is 6.08 Å². The van der Waals surface area contributed by atoms with Crippen molar-refractivity contribution in [2.75, 3.05) is 0 Å². The average molecular weight is 202 g/mol. The van der Waals surface area contributed by atoms with E-state index in [2.05, 4.69) is 0 Å². The zero-order chi connectivity index (χ0) is 11.3. The third-order valence-electron chi connectivity index (χ3n) is 1.77. The number of hydrogen-bond acceptors (Lipinski definition) is 3. The van der Waals surface area contributed by atoms with E-state index >= 15 is 0 Å². The van der Waals surface area contributed by atoms with Crippen molar-refractivity contribution in [2.24, 2.45) is 5.73 Å². The highest BCUT2D eigenvalue weighted by Crippen LogP contribution is 2.19. The standard InChI is InChI=1S/C11H10N2O2/c12-7-8-4-5-10(14)9(6-8)2-1-3-11(13)15/h1-2,4-6,14H,3H2,(H2,13,15). The second kappa shape index (κ2) is 4.82. The van der Waals surface area contributed by atoms with E-state index in [0.717, 1.165) is 0 Å². The fourth-order valence-corrected chi connectivity index (χ4v) is 1.06. The van der Waals surface area contributed by atoms with Crippen molar-refractivity contribution in [1.29, 1.82) is 5.26 Å². The first kappa shape index (κ1) is 10.8. The molecule has 1 aromatic rings. The van der Waals surface area contributed by atoms with Gasteiger partial charge >= 0.3 is 0 Å². The minimum atomic E-state index is -0.442. The third-order valence-corrected chi connectivity index (χ3v) is 1.77. The van der Waals surface area contributed by atoms with Crippen LogP contribution in [0.4, 0.5) is 0 Å². The summed E-state index contributed by atoms with van der Waals surface area (Å²) in [5, 5.41) is 18.1. The van der Waals surface area contributed by atoms with Gasteiger partial charge < -0.3 is 10.8 Å². The predicted molar refractivity (Wildman–Crippen MR) is 55.7 cm³/mol. The Bertz CT molecular complexity index is 444. The maximum atomic E-state index is 10.5. The Labute approximate surface area is 87.3 Å². The van der Waals surface area contributed by atoms with Gasteiger partial charge in [-0.05, 0) is 18.2 Å². The van der Waals surface area contributed by atoms with Crippen LogP contribution < -0.4 is 5.73 Å². The summed E-state index contributed by atoms with van der Waals surface area (Å²) in [6.45, 7) is 0. The normalized spacial score (nSPS) is 10.1. The van der Waals surface area contributed by atoms with Gasteiger partial charge in [0.2, 0.25) is 5.91 Å². The van der Waals surface area contributed by atoms with Gasteiger partial charge in [-0.15, -0.1) is 0 Å². The summed E-state index contributed by atoms with van der Waals surface area (Å²) in [6, 6.07) is 6.44. The first-order valence-electron chi connectivity index (χ1n) is 4.31. The lowest BCUT2D eigenvalue weighted by molar-refractivity contribution is -0.117. The summed E-state index contributed by atoms with van der Waals surface area (Å²) in [5.41, 5.74) is 5.89. The molecule has 4 nitrogen and oxygen atoms in total. The zero-order valence-corrected chi connectivity index (χ0v) is 7.97. The molecule has 0 bridgehead atoms. The Morgan fingerprint density at radius 3 is 2.93 bits per heavy atom. The Morgan fingerprint density at radius 1 is 1.60 bits per heavy atom. The Morgan fingerprint density at radius 2 is 2.33 bits per heavy atom. The van der Waals surface area contributed by atoms with Gasteiger partial charge in [0.15, 0.2) is 0 Å². The molecule has 0 aliphatic heterocycles. The molecule has 0 unspecified atom stereocenters. The monoisotopic (exact) mass is 202 g/mol. The molecular weight excluding hydrogens is 192 g/mol. The second-order valence-electron chi connectivity index (χ2n) is 2.96. The predicted octanol–water partition coefficient (Wildman–Crippen LogP) is 1.15. The number of phenolic OH excluding ortho intramolecular Hbond substituents is 1. The summed E-state index contributed by atoms with van der Waals surface area (Å²) in [5.74, 6) is -0.378. The number of amides is 1. The molecule has 1 aromatic carbocycles. The molecule has 15 heavy (non-hydrogen) atoms. The molecule has 0 aromatic heterocycles. The van der Waals surface area contributed by atoms with Gasteiger partial charge in [0.05, 0.1) is 11.6 Å². The largest absolute Gasteiger partial charge is 0.507 e. The van der Waals surface area contributed by atoms with Crippen LogP contribution >= 0.6 is 0 Å². The Hall–Kier alpha value is -2.28. The van der Waals surface area contributed by atoms with Gasteiger partial charge in [-0.3, -0.25) is 4.79 Å². The van der Waals surface area contributed by atoms with Crippen molar-refractivity contribution >= 4 is 12.0 Å². The van der Waals surface area contributed by atoms with Crippen LogP contribution in [0.1, 0.15) is 17.5 Å². The molecule has 0 aliphatic rings. The number of nitriles is 1. The molecule has 0 atom stereocenters. The molecule has 1 amide bonds. The summed E-state index contributed by atoms with van der Waals surface area (Å²) < 4.78 is 0. The maximum Gasteiger partial charge on any atom is 0.221 e. The molecule has 4 heteroatoms. The minimum Gasteiger partial charge on any atom is -0.507 e. The van der Waals surface area contributed by atoms with E-state index in [0.29, 0.717) is 11.1 Å². The SMILES string of the molecule is N#Cc1ccc(O)c(C=CCC(N)=O)c1. The third kappa shape index (κ3) is 3.16. The van der Waals surface area contributed by atoms with Crippen molar-refractivity contribution < 1.29 is 9.90 Å². The van der Waals surface area contributed by atoms with Gasteiger partial charge in [-0.2, -0.15) is 5.26 Å². The van der Waals surface area contributed by atoms with Gasteiger partial charge in [0, 0.05) is 12.0 Å². The van der Waals surface area contributed by atoms with Crippen LogP contribution in [0.3, 0.4) is 0 Å². The number of phenols is 1. The van der Waals surface area contributed by atoms with Gasteiger partial charge in [0.25, 0.3) is 0 Å². The van der Waals surface area contributed by atoms with E-state index in [1.54, 1.807) is 12.2 Å². The lowest BCUT2D eigenvalue weighted by Gasteiger charge is -1.98. The van der Waals surface area contributed by atoms with Crippen LogP contribution in [-0.4, -0.2) is 11.0 Å². The van der Waals surface area contributed by atoms with E-state index in [1.807, 2.05) is 6.07 Å². The summed E-state index contributed by atoms with van der Waals surface area (Å²) in [4.78, 5) is 10.5. The average Bonchev–Trinajstić information content (AvgIpc) is 2.20. The molecule has 3 N–H and O–H groups in total. The lowest BCUT2D eigenvalue weighted by Crippen LogP contribution is -2.07. The summed E-state index contributed by atoms with van der Waals surface area (Å²) in [6.07, 6.45) is 3.20. The lowest BCUT2D eigenvalue weighted by atomic mass is 10.1. The van der Waals surface area contributed by atoms with E-state index < -0.39 is 5.91 Å². The van der Waals surface area contributed by atoms with Gasteiger partial charge in [-0.25, -0.2) is 0 Å². The van der Waals surface area contributed by atoms with Crippen LogP contribution in [0.15, 0.2) is 24.3 Å². The van der Waals surface area contributed by atoms with Crippen molar-refractivity contribution in [3.8, 4) is 11.8 Å². The molecule has 0 fully saturated rings. The molecule has 0 aliphatic carbocycles. The smallest absolute Gasteiger partial charge is 0.221 e. The highest BCUT2D eigenvalue weighted by Gasteiger charge is 1.98. The number of rotatable bonds is 3. The number of carbonyl (C=O) groups is 1. The summed E-state index contributed by atoms with van der Waals surface area (Å²) >= 11 is 0. The molecule has 1 rings (SSSR count). The first-order chi connectivity index (χ1) is 7.13. The molecule has 0 heterocycles. The van der Waals surface area contributed by atoms with Crippen molar-refractivity contribution in [3.63, 3.8) is 0 Å². The Kier molecular flexibility index (Phi) is 3.47. The molecular formula is C11H10N2O2. The van der Waals surface area contributed by atoms with E-state index in [1.165, 1.54) is 18.2 Å². The highest BCUT2D eigenvalue weighted by molar-refractivity contribution is 5.76. The van der Waals surface area contributed by atoms with Crippen LogP contribution in [-0.2, 0) is 4.79 Å². The second-order valence-corrected chi connectivity index (χ2v) is 2.96. The van der Waals surface area contributed by atoms with Crippen LogP contribution in [0.5, 0.6) is 5.75 Å². The number of primary amides is 1. The number of nitrogens with two attached hydrogens (primary N) is 1. The molecule has 0 saturated heterocycles. The highest BCUT2D eigenvalue weighted by atomic mass is 16.3. The number of hydrogen-bond donors (Lipinski definition) is 2. The van der Waals surface area contributed by atoms with Crippen LogP contribution in [0.2, 0.25) is 0 Å². The maximum absolute atomic E-state index is 10.5. The zero-order valence-electron chi connectivity index (χ0n) is 7.97. The van der Waals surface area contributed by atoms with Gasteiger partial charge in [-0.1, -0.05) is 12.2 Å². The van der Waals surface area contributed by atoms with Crippen molar-refractivity contribution in [2.45, 2.75) is 6.42 Å². The van der Waals surface area contributed by atoms with E-state index in [9.17, 15) is 9.90 Å². The quantitative estimate of drug-likeness (QED) is 0.770. The number of benzene rings is 1.